The van der Waals surface area contributed by atoms with Crippen LogP contribution in [0.5, 0.6) is 0 Å². The molecule has 0 saturated heterocycles. The lowest BCUT2D eigenvalue weighted by molar-refractivity contribution is -0.696. The van der Waals surface area contributed by atoms with Crippen LogP contribution in [0.2, 0.25) is 5.02 Å². The summed E-state index contributed by atoms with van der Waals surface area (Å²) in [4.78, 5) is 0. The Morgan fingerprint density at radius 3 is 2.08 bits per heavy atom. The van der Waals surface area contributed by atoms with E-state index in [0.717, 1.165) is 17.3 Å². The maximum atomic E-state index is 5.94. The second-order valence-electron chi connectivity index (χ2n) is 6.36. The van der Waals surface area contributed by atoms with Crippen LogP contribution >= 0.6 is 11.6 Å². The fourth-order valence-corrected chi connectivity index (χ4v) is 3.02. The largest absolute Gasteiger partial charge is 1.00 e. The number of aryl methyl sites for hydroxylation is 1. The van der Waals surface area contributed by atoms with Crippen molar-refractivity contribution in [1.29, 1.82) is 0 Å². The van der Waals surface area contributed by atoms with Crippen LogP contribution in [0.25, 0.3) is 5.69 Å². The Kier molecular flexibility index (Phi) is 11.4. The molecule has 0 amide bonds. The normalized spacial score (nSPS) is 10.6. The third-order valence-electron chi connectivity index (χ3n) is 4.34. The van der Waals surface area contributed by atoms with E-state index in [1.807, 2.05) is 24.3 Å². The highest BCUT2D eigenvalue weighted by Gasteiger charge is 2.06. The SMILES string of the molecule is CCCCCCCCCCC[n+]1ccn(-c2ccc(Cl)cc2)c1.[I-]. The van der Waals surface area contributed by atoms with E-state index < -0.39 is 0 Å². The van der Waals surface area contributed by atoms with Crippen molar-refractivity contribution in [1.82, 2.24) is 4.57 Å². The van der Waals surface area contributed by atoms with E-state index in [-0.39, 0.29) is 24.0 Å². The summed E-state index contributed by atoms with van der Waals surface area (Å²) in [6.07, 6.45) is 18.8. The fraction of sp³-hybridized carbons (Fsp3) is 0.550. The first-order valence-corrected chi connectivity index (χ1v) is 9.50. The molecule has 0 bridgehead atoms. The first-order valence-electron chi connectivity index (χ1n) is 9.12. The van der Waals surface area contributed by atoms with E-state index >= 15 is 0 Å². The molecule has 0 saturated carbocycles. The number of rotatable bonds is 11. The van der Waals surface area contributed by atoms with Crippen molar-refractivity contribution in [2.45, 2.75) is 71.3 Å². The van der Waals surface area contributed by atoms with Crippen molar-refractivity contribution in [3.05, 3.63) is 48.0 Å². The molecule has 1 heterocycles. The quantitative estimate of drug-likeness (QED) is 0.277. The van der Waals surface area contributed by atoms with E-state index in [1.54, 1.807) is 0 Å². The van der Waals surface area contributed by atoms with Crippen LogP contribution < -0.4 is 28.5 Å². The van der Waals surface area contributed by atoms with Crippen LogP contribution in [-0.2, 0) is 6.54 Å². The summed E-state index contributed by atoms with van der Waals surface area (Å²) in [7, 11) is 0. The van der Waals surface area contributed by atoms with Gasteiger partial charge >= 0.3 is 0 Å². The van der Waals surface area contributed by atoms with Crippen molar-refractivity contribution in [2.75, 3.05) is 0 Å². The first kappa shape index (κ1) is 21.5. The second-order valence-corrected chi connectivity index (χ2v) is 6.80. The highest BCUT2D eigenvalue weighted by Crippen LogP contribution is 2.13. The van der Waals surface area contributed by atoms with Crippen LogP contribution in [0.4, 0.5) is 0 Å². The Balaban J connectivity index is 0.00000288. The van der Waals surface area contributed by atoms with Crippen LogP contribution in [0.3, 0.4) is 0 Å². The predicted molar refractivity (Wildman–Crippen MR) is 98.2 cm³/mol. The molecule has 2 rings (SSSR count). The minimum absolute atomic E-state index is 0. The molecule has 0 atom stereocenters. The lowest BCUT2D eigenvalue weighted by atomic mass is 10.1. The summed E-state index contributed by atoms with van der Waals surface area (Å²) in [5, 5.41) is 0.781. The Morgan fingerprint density at radius 2 is 1.46 bits per heavy atom. The van der Waals surface area contributed by atoms with Crippen LogP contribution in [-0.4, -0.2) is 4.57 Å². The van der Waals surface area contributed by atoms with Gasteiger partial charge < -0.3 is 24.0 Å². The second kappa shape index (κ2) is 12.8. The number of hydrogen-bond acceptors (Lipinski definition) is 0. The van der Waals surface area contributed by atoms with E-state index in [4.69, 9.17) is 11.6 Å². The molecule has 24 heavy (non-hydrogen) atoms. The molecule has 2 aromatic rings. The average molecular weight is 461 g/mol. The van der Waals surface area contributed by atoms with E-state index in [9.17, 15) is 0 Å². The molecule has 2 nitrogen and oxygen atoms in total. The number of halogens is 2. The minimum atomic E-state index is 0. The molecule has 4 heteroatoms. The van der Waals surface area contributed by atoms with Crippen molar-refractivity contribution in [3.63, 3.8) is 0 Å². The zero-order valence-electron chi connectivity index (χ0n) is 14.8. The van der Waals surface area contributed by atoms with Gasteiger partial charge in [0.25, 0.3) is 0 Å². The molecule has 0 aliphatic rings. The molecule has 0 unspecified atom stereocenters. The Morgan fingerprint density at radius 1 is 0.875 bits per heavy atom. The standard InChI is InChI=1S/C20H30ClN2.HI/c1-2-3-4-5-6-7-8-9-10-15-22-16-17-23(18-22)20-13-11-19(21)12-14-20;/h11-14,16-18H,2-10,15H2,1H3;1H/q+1;/p-1. The van der Waals surface area contributed by atoms with E-state index in [0.29, 0.717) is 0 Å². The van der Waals surface area contributed by atoms with Crippen molar-refractivity contribution in [3.8, 4) is 5.69 Å². The summed E-state index contributed by atoms with van der Waals surface area (Å²) in [5.74, 6) is 0. The molecule has 0 spiro atoms. The number of hydrogen-bond donors (Lipinski definition) is 0. The van der Waals surface area contributed by atoms with Crippen LogP contribution in [0, 0.1) is 0 Å². The molecule has 0 aliphatic carbocycles. The maximum Gasteiger partial charge on any atom is 0.248 e. The average Bonchev–Trinajstić information content (AvgIpc) is 3.03. The van der Waals surface area contributed by atoms with Gasteiger partial charge in [0.2, 0.25) is 6.33 Å². The van der Waals surface area contributed by atoms with E-state index in [1.165, 1.54) is 57.8 Å². The third kappa shape index (κ3) is 8.02. The van der Waals surface area contributed by atoms with Gasteiger partial charge in [0.05, 0.1) is 6.54 Å². The van der Waals surface area contributed by atoms with Crippen LogP contribution in [0.1, 0.15) is 64.7 Å². The summed E-state index contributed by atoms with van der Waals surface area (Å²) in [6.45, 7) is 3.38. The molecule has 0 aliphatic heterocycles. The fourth-order valence-electron chi connectivity index (χ4n) is 2.90. The lowest BCUT2D eigenvalue weighted by Crippen LogP contribution is -3.00. The summed E-state index contributed by atoms with van der Waals surface area (Å²) in [6, 6.07) is 7.96. The number of imidazole rings is 1. The number of unbranched alkanes of at least 4 members (excludes halogenated alkanes) is 8. The lowest BCUT2D eigenvalue weighted by Gasteiger charge is -2.01. The predicted octanol–water partition coefficient (Wildman–Crippen LogP) is 2.95. The van der Waals surface area contributed by atoms with Gasteiger partial charge in [0, 0.05) is 5.02 Å². The summed E-state index contributed by atoms with van der Waals surface area (Å²) >= 11 is 5.94. The van der Waals surface area contributed by atoms with Gasteiger partial charge in [-0.25, -0.2) is 9.13 Å². The summed E-state index contributed by atoms with van der Waals surface area (Å²) < 4.78 is 4.42. The first-order chi connectivity index (χ1) is 11.3. The number of nitrogens with zero attached hydrogens (tertiary/aromatic N) is 2. The zero-order chi connectivity index (χ0) is 16.3. The van der Waals surface area contributed by atoms with Gasteiger partial charge in [0.15, 0.2) is 0 Å². The van der Waals surface area contributed by atoms with E-state index in [2.05, 4.69) is 34.8 Å². The highest BCUT2D eigenvalue weighted by atomic mass is 127. The van der Waals surface area contributed by atoms with Crippen molar-refractivity contribution < 1.29 is 28.5 Å². The summed E-state index contributed by atoms with van der Waals surface area (Å²) in [5.41, 5.74) is 1.15. The van der Waals surface area contributed by atoms with Gasteiger partial charge in [-0.2, -0.15) is 0 Å². The molecule has 1 aromatic carbocycles. The monoisotopic (exact) mass is 460 g/mol. The molecule has 1 aromatic heterocycles. The Labute approximate surface area is 169 Å². The zero-order valence-corrected chi connectivity index (χ0v) is 17.7. The highest BCUT2D eigenvalue weighted by molar-refractivity contribution is 6.30. The molecule has 134 valence electrons. The smallest absolute Gasteiger partial charge is 0.248 e. The van der Waals surface area contributed by atoms with Crippen LogP contribution in [0.15, 0.2) is 43.0 Å². The molecular formula is C20H30ClIN2. The Hall–Kier alpha value is -0.550. The topological polar surface area (TPSA) is 8.81 Å². The van der Waals surface area contributed by atoms with Gasteiger partial charge in [-0.05, 0) is 37.1 Å². The molecule has 0 fully saturated rings. The van der Waals surface area contributed by atoms with Gasteiger partial charge in [-0.1, -0.05) is 63.5 Å². The number of benzene rings is 1. The van der Waals surface area contributed by atoms with Crippen molar-refractivity contribution in [2.24, 2.45) is 0 Å². The minimum Gasteiger partial charge on any atom is -1.00 e. The Bertz CT molecular complexity index is 551. The molecule has 0 N–H and O–H groups in total. The van der Waals surface area contributed by atoms with Crippen molar-refractivity contribution >= 4 is 11.6 Å². The van der Waals surface area contributed by atoms with Gasteiger partial charge in [-0.15, -0.1) is 0 Å². The molecular weight excluding hydrogens is 431 g/mol. The molecule has 0 radical (unpaired) electrons. The number of aromatic nitrogens is 2. The maximum absolute atomic E-state index is 5.94. The third-order valence-corrected chi connectivity index (χ3v) is 4.59. The van der Waals surface area contributed by atoms with Gasteiger partial charge in [-0.3, -0.25) is 0 Å². The van der Waals surface area contributed by atoms with Gasteiger partial charge in [0.1, 0.15) is 18.1 Å².